The molecule has 29 heavy (non-hydrogen) atoms. The quantitative estimate of drug-likeness (QED) is 0.815. The summed E-state index contributed by atoms with van der Waals surface area (Å²) in [6.45, 7) is 4.13. The topological polar surface area (TPSA) is 80.2 Å². The lowest BCUT2D eigenvalue weighted by molar-refractivity contribution is -0.119. The van der Waals surface area contributed by atoms with Crippen LogP contribution in [0.2, 0.25) is 0 Å². The molecule has 0 saturated heterocycles. The highest BCUT2D eigenvalue weighted by Crippen LogP contribution is 2.26. The van der Waals surface area contributed by atoms with E-state index in [1.807, 2.05) is 38.1 Å². The van der Waals surface area contributed by atoms with Gasteiger partial charge in [-0.2, -0.15) is 5.10 Å². The molecule has 0 aromatic heterocycles. The van der Waals surface area contributed by atoms with Gasteiger partial charge in [0.2, 0.25) is 5.91 Å². The summed E-state index contributed by atoms with van der Waals surface area (Å²) in [4.78, 5) is 25.1. The molecule has 0 bridgehead atoms. The van der Waals surface area contributed by atoms with Gasteiger partial charge in [-0.25, -0.2) is 5.01 Å². The Morgan fingerprint density at radius 2 is 1.90 bits per heavy atom. The van der Waals surface area contributed by atoms with Crippen molar-refractivity contribution in [3.8, 4) is 11.5 Å². The molecule has 7 nitrogen and oxygen atoms in total. The van der Waals surface area contributed by atoms with E-state index in [9.17, 15) is 9.59 Å². The summed E-state index contributed by atoms with van der Waals surface area (Å²) in [6, 6.07) is 11.2. The molecule has 1 aliphatic rings. The second-order valence-electron chi connectivity index (χ2n) is 6.90. The number of benzene rings is 2. The molecule has 7 heteroatoms. The van der Waals surface area contributed by atoms with Crippen molar-refractivity contribution in [1.82, 2.24) is 5.32 Å². The maximum absolute atomic E-state index is 12.7. The van der Waals surface area contributed by atoms with Gasteiger partial charge in [0.15, 0.2) is 0 Å². The first kappa shape index (κ1) is 20.4. The predicted molar refractivity (Wildman–Crippen MR) is 111 cm³/mol. The third-order valence-corrected chi connectivity index (χ3v) is 4.81. The summed E-state index contributed by atoms with van der Waals surface area (Å²) in [5.41, 5.74) is 3.77. The highest BCUT2D eigenvalue weighted by atomic mass is 16.5. The van der Waals surface area contributed by atoms with E-state index in [-0.39, 0.29) is 24.8 Å². The van der Waals surface area contributed by atoms with Crippen LogP contribution in [0.5, 0.6) is 11.5 Å². The summed E-state index contributed by atoms with van der Waals surface area (Å²) in [5.74, 6) is 0.906. The Bertz CT molecular complexity index is 969. The summed E-state index contributed by atoms with van der Waals surface area (Å²) in [5, 5.41) is 8.56. The van der Waals surface area contributed by atoms with E-state index in [0.717, 1.165) is 16.7 Å². The largest absolute Gasteiger partial charge is 0.497 e. The fourth-order valence-corrected chi connectivity index (χ4v) is 3.15. The third kappa shape index (κ3) is 4.56. The molecule has 2 aromatic carbocycles. The van der Waals surface area contributed by atoms with Crippen molar-refractivity contribution in [2.45, 2.75) is 33.2 Å². The van der Waals surface area contributed by atoms with E-state index in [4.69, 9.17) is 9.47 Å². The van der Waals surface area contributed by atoms with Crippen molar-refractivity contribution >= 4 is 23.2 Å². The van der Waals surface area contributed by atoms with Gasteiger partial charge in [0.25, 0.3) is 5.91 Å². The number of anilines is 1. The van der Waals surface area contributed by atoms with Crippen LogP contribution < -0.4 is 19.8 Å². The van der Waals surface area contributed by atoms with Crippen LogP contribution in [0.15, 0.2) is 41.5 Å². The maximum atomic E-state index is 12.7. The first-order valence-electron chi connectivity index (χ1n) is 9.39. The fraction of sp³-hybridized carbons (Fsp3) is 0.318. The Balaban J connectivity index is 1.79. The van der Waals surface area contributed by atoms with E-state index in [1.54, 1.807) is 26.4 Å². The zero-order valence-corrected chi connectivity index (χ0v) is 17.1. The zero-order chi connectivity index (χ0) is 21.0. The summed E-state index contributed by atoms with van der Waals surface area (Å²) >= 11 is 0. The van der Waals surface area contributed by atoms with E-state index in [2.05, 4.69) is 10.4 Å². The molecule has 1 N–H and O–H groups in total. The number of carbonyl (C=O) groups is 2. The number of nitrogens with zero attached hydrogens (tertiary/aromatic N) is 2. The predicted octanol–water partition coefficient (Wildman–Crippen LogP) is 3.12. The van der Waals surface area contributed by atoms with Crippen molar-refractivity contribution in [3.05, 3.63) is 53.1 Å². The van der Waals surface area contributed by atoms with Crippen LogP contribution in [-0.4, -0.2) is 31.7 Å². The van der Waals surface area contributed by atoms with Crippen LogP contribution in [0, 0.1) is 13.8 Å². The van der Waals surface area contributed by atoms with Gasteiger partial charge in [-0.1, -0.05) is 12.1 Å². The van der Waals surface area contributed by atoms with Gasteiger partial charge in [-0.3, -0.25) is 9.59 Å². The second kappa shape index (κ2) is 8.77. The summed E-state index contributed by atoms with van der Waals surface area (Å²) < 4.78 is 10.6. The van der Waals surface area contributed by atoms with Gasteiger partial charge >= 0.3 is 0 Å². The number of nitrogens with one attached hydrogen (secondary N) is 1. The van der Waals surface area contributed by atoms with Crippen molar-refractivity contribution in [2.24, 2.45) is 5.10 Å². The SMILES string of the molecule is COc1ccc(OC)c(CNC(=O)C2=NN(c3cc(C)ccc3C)C(=O)CC2)c1. The van der Waals surface area contributed by atoms with Gasteiger partial charge in [0, 0.05) is 24.9 Å². The molecule has 2 aromatic rings. The normalized spacial score (nSPS) is 13.7. The Labute approximate surface area is 170 Å². The molecular formula is C22H25N3O4. The Kier molecular flexibility index (Phi) is 6.16. The molecule has 0 saturated carbocycles. The van der Waals surface area contributed by atoms with Gasteiger partial charge in [0.05, 0.1) is 19.9 Å². The smallest absolute Gasteiger partial charge is 0.267 e. The molecule has 2 amide bonds. The Hall–Kier alpha value is -3.35. The number of methoxy groups -OCH3 is 2. The summed E-state index contributed by atoms with van der Waals surface area (Å²) in [7, 11) is 3.16. The molecule has 0 radical (unpaired) electrons. The Morgan fingerprint density at radius 1 is 1.10 bits per heavy atom. The lowest BCUT2D eigenvalue weighted by Crippen LogP contribution is -2.39. The lowest BCUT2D eigenvalue weighted by atomic mass is 10.1. The minimum atomic E-state index is -0.308. The standard InChI is InChI=1S/C22H25N3O4/c1-14-5-6-15(2)19(11-14)25-21(26)10-8-18(24-25)22(27)23-13-16-12-17(28-3)7-9-20(16)29-4/h5-7,9,11-12H,8,10,13H2,1-4H3,(H,23,27). The number of carbonyl (C=O) groups excluding carboxylic acids is 2. The van der Waals surface area contributed by atoms with Crippen molar-refractivity contribution < 1.29 is 19.1 Å². The van der Waals surface area contributed by atoms with Crippen LogP contribution in [-0.2, 0) is 16.1 Å². The maximum Gasteiger partial charge on any atom is 0.267 e. The highest BCUT2D eigenvalue weighted by molar-refractivity contribution is 6.40. The minimum absolute atomic E-state index is 0.121. The second-order valence-corrected chi connectivity index (χ2v) is 6.90. The van der Waals surface area contributed by atoms with Gasteiger partial charge in [0.1, 0.15) is 17.2 Å². The first-order chi connectivity index (χ1) is 13.9. The monoisotopic (exact) mass is 395 g/mol. The number of aryl methyl sites for hydroxylation is 2. The number of hydrogen-bond acceptors (Lipinski definition) is 5. The van der Waals surface area contributed by atoms with Crippen LogP contribution >= 0.6 is 0 Å². The van der Waals surface area contributed by atoms with E-state index < -0.39 is 0 Å². The average molecular weight is 395 g/mol. The number of rotatable bonds is 6. The first-order valence-corrected chi connectivity index (χ1v) is 9.39. The van der Waals surface area contributed by atoms with Gasteiger partial charge in [-0.15, -0.1) is 0 Å². The number of amides is 2. The molecule has 152 valence electrons. The van der Waals surface area contributed by atoms with E-state index >= 15 is 0 Å². The number of ether oxygens (including phenoxy) is 2. The highest BCUT2D eigenvalue weighted by Gasteiger charge is 2.26. The van der Waals surface area contributed by atoms with Crippen LogP contribution in [0.4, 0.5) is 5.69 Å². The summed E-state index contributed by atoms with van der Waals surface area (Å²) in [6.07, 6.45) is 0.545. The van der Waals surface area contributed by atoms with E-state index in [1.165, 1.54) is 5.01 Å². The number of hydrazone groups is 1. The molecule has 0 aliphatic carbocycles. The average Bonchev–Trinajstić information content (AvgIpc) is 2.73. The zero-order valence-electron chi connectivity index (χ0n) is 17.1. The molecule has 1 aliphatic heterocycles. The molecular weight excluding hydrogens is 370 g/mol. The fourth-order valence-electron chi connectivity index (χ4n) is 3.15. The third-order valence-electron chi connectivity index (χ3n) is 4.81. The van der Waals surface area contributed by atoms with Gasteiger partial charge in [-0.05, 0) is 49.2 Å². The molecule has 0 unspecified atom stereocenters. The number of hydrogen-bond donors (Lipinski definition) is 1. The molecule has 0 fully saturated rings. The Morgan fingerprint density at radius 3 is 2.62 bits per heavy atom. The van der Waals surface area contributed by atoms with Crippen molar-refractivity contribution in [3.63, 3.8) is 0 Å². The molecule has 0 atom stereocenters. The molecule has 0 spiro atoms. The van der Waals surface area contributed by atoms with Crippen molar-refractivity contribution in [2.75, 3.05) is 19.2 Å². The molecule has 1 heterocycles. The van der Waals surface area contributed by atoms with Crippen LogP contribution in [0.25, 0.3) is 0 Å². The molecule has 3 rings (SSSR count). The van der Waals surface area contributed by atoms with Gasteiger partial charge < -0.3 is 14.8 Å². The van der Waals surface area contributed by atoms with Crippen molar-refractivity contribution in [1.29, 1.82) is 0 Å². The van der Waals surface area contributed by atoms with E-state index in [0.29, 0.717) is 29.3 Å². The lowest BCUT2D eigenvalue weighted by Gasteiger charge is -2.25. The van der Waals surface area contributed by atoms with Crippen LogP contribution in [0.3, 0.4) is 0 Å². The van der Waals surface area contributed by atoms with Crippen LogP contribution in [0.1, 0.15) is 29.5 Å². The minimum Gasteiger partial charge on any atom is -0.497 e.